The standard InChI is InChI=1S/C46H29F6IO4.U/c1-53-40-20-16-34(25-42(40)55-45(53,49)50)29-4-10-32(11-5-29)37-22-36(31-8-2-27(3-9-31)28-14-18-39(19-15-28)54-44(47)48)23-38(24-37)33-12-6-30(7-13-33)35-17-21-41-43(26-35)57-46(51,52)56-41;/h2-18,20-21,23-26,36H,22H2,1H3;/q-2;+2. The Balaban J connectivity index is 0.00000469. The maximum Gasteiger partial charge on any atom is 2.00 e. The molecule has 0 fully saturated rings. The Kier molecular flexibility index (Phi) is 11.0. The molecular formula is C46H29F6IO4U. The van der Waals surface area contributed by atoms with E-state index in [0.29, 0.717) is 15.6 Å². The Morgan fingerprint density at radius 2 is 1.19 bits per heavy atom. The molecule has 0 N–H and O–H groups in total. The van der Waals surface area contributed by atoms with Crippen LogP contribution in [-0.2, 0) is 0 Å². The normalized spacial score (nSPS) is 17.8. The topological polar surface area (TPSA) is 36.9 Å². The zero-order valence-electron chi connectivity index (χ0n) is 30.3. The summed E-state index contributed by atoms with van der Waals surface area (Å²) >= 11 is -2.74. The monoisotopic (exact) mass is 1120 g/mol. The van der Waals surface area contributed by atoms with Crippen LogP contribution in [0.1, 0.15) is 29.0 Å². The first-order valence-electron chi connectivity index (χ1n) is 17.7. The van der Waals surface area contributed by atoms with Gasteiger partial charge in [0.05, 0.1) is 0 Å². The second kappa shape index (κ2) is 15.8. The molecule has 58 heavy (non-hydrogen) atoms. The van der Waals surface area contributed by atoms with Crippen LogP contribution in [0.25, 0.3) is 44.5 Å². The maximum atomic E-state index is 14.3. The second-order valence-corrected chi connectivity index (χ2v) is 18.8. The van der Waals surface area contributed by atoms with E-state index in [1.54, 1.807) is 35.3 Å². The number of allylic oxidation sites excluding steroid dienone is 4. The van der Waals surface area contributed by atoms with Crippen LogP contribution in [0.3, 0.4) is 0 Å². The maximum absolute atomic E-state index is 14.3. The number of hydrogen-bond donors (Lipinski definition) is 0. The van der Waals surface area contributed by atoms with Crippen LogP contribution in [0, 0.1) is 47.4 Å². The Morgan fingerprint density at radius 3 is 1.84 bits per heavy atom. The molecule has 1 unspecified atom stereocenters. The number of benzene rings is 6. The van der Waals surface area contributed by atoms with E-state index in [2.05, 4.69) is 44.6 Å². The van der Waals surface area contributed by atoms with Crippen LogP contribution < -0.4 is 18.9 Å². The molecule has 6 aromatic carbocycles. The van der Waals surface area contributed by atoms with Crippen molar-refractivity contribution in [1.82, 2.24) is 0 Å². The van der Waals surface area contributed by atoms with Crippen LogP contribution in [0.2, 0.25) is 0 Å². The average Bonchev–Trinajstić information content (AvgIpc) is 3.65. The van der Waals surface area contributed by atoms with Gasteiger partial charge < -0.3 is 23.0 Å². The number of alkyl halides is 6. The van der Waals surface area contributed by atoms with Crippen molar-refractivity contribution in [2.75, 3.05) is 4.93 Å². The van der Waals surface area contributed by atoms with Gasteiger partial charge in [0.1, 0.15) is 0 Å². The molecule has 0 saturated carbocycles. The predicted molar refractivity (Wildman–Crippen MR) is 214 cm³/mol. The molecule has 0 aromatic heterocycles. The summed E-state index contributed by atoms with van der Waals surface area (Å²) in [7, 11) is 0. The molecular weight excluding hydrogens is 1100 g/mol. The van der Waals surface area contributed by atoms with Gasteiger partial charge in [0, 0.05) is 0 Å². The summed E-state index contributed by atoms with van der Waals surface area (Å²) < 4.78 is 97.2. The number of rotatable bonds is 8. The molecule has 4 nitrogen and oxygen atoms in total. The summed E-state index contributed by atoms with van der Waals surface area (Å²) in [6, 6.07) is 41.5. The third kappa shape index (κ3) is 8.16. The molecule has 290 valence electrons. The van der Waals surface area contributed by atoms with Crippen molar-refractivity contribution in [2.24, 2.45) is 0 Å². The van der Waals surface area contributed by atoms with E-state index in [1.165, 1.54) is 18.2 Å². The van der Waals surface area contributed by atoms with Gasteiger partial charge in [0.2, 0.25) is 0 Å². The summed E-state index contributed by atoms with van der Waals surface area (Å²) in [4.78, 5) is 1.61. The van der Waals surface area contributed by atoms with Gasteiger partial charge in [-0.1, -0.05) is 60.2 Å². The van der Waals surface area contributed by atoms with Crippen molar-refractivity contribution in [3.63, 3.8) is 0 Å². The Bertz CT molecular complexity index is 2540. The van der Waals surface area contributed by atoms with E-state index in [9.17, 15) is 26.3 Å². The minimum Gasteiger partial charge on any atom is 2.00 e. The number of hydrogen-bond acceptors (Lipinski definition) is 4. The van der Waals surface area contributed by atoms with E-state index in [4.69, 9.17) is 4.74 Å². The number of fused-ring (bicyclic) bond motifs is 2. The van der Waals surface area contributed by atoms with Crippen molar-refractivity contribution < 1.29 is 76.4 Å². The third-order valence-electron chi connectivity index (χ3n) is 10.1. The van der Waals surface area contributed by atoms with Crippen LogP contribution >= 0.6 is 19.8 Å². The minimum atomic E-state index is -3.70. The van der Waals surface area contributed by atoms with Gasteiger partial charge in [-0.05, 0) is 29.0 Å². The first-order chi connectivity index (χ1) is 27.4. The molecule has 1 atom stereocenters. The van der Waals surface area contributed by atoms with Crippen LogP contribution in [0.5, 0.6) is 23.0 Å². The summed E-state index contributed by atoms with van der Waals surface area (Å²) in [6.07, 6.45) is 1.37. The quantitative estimate of drug-likeness (QED) is 0.0659. The van der Waals surface area contributed by atoms with Gasteiger partial charge in [-0.25, -0.2) is 0 Å². The molecule has 0 spiro atoms. The first kappa shape index (κ1) is 40.2. The fraction of sp³-hybridized carbons (Fsp3) is 0.109. The van der Waals surface area contributed by atoms with Gasteiger partial charge in [-0.15, -0.1) is 26.5 Å². The molecule has 0 saturated heterocycles. The Morgan fingerprint density at radius 1 is 0.638 bits per heavy atom. The van der Waals surface area contributed by atoms with Gasteiger partial charge in [-0.3, -0.25) is 0 Å². The first-order valence-corrected chi connectivity index (χ1v) is 22.0. The van der Waals surface area contributed by atoms with Crippen molar-refractivity contribution >= 4 is 31.0 Å². The third-order valence-corrected chi connectivity index (χ3v) is 14.9. The van der Waals surface area contributed by atoms with E-state index in [0.717, 1.165) is 55.7 Å². The molecule has 6 aromatic rings. The molecule has 2 heterocycles. The van der Waals surface area contributed by atoms with E-state index >= 15 is 0 Å². The van der Waals surface area contributed by atoms with E-state index < -0.39 is 36.8 Å². The zero-order valence-corrected chi connectivity index (χ0v) is 36.7. The molecule has 12 heteroatoms. The van der Waals surface area contributed by atoms with Crippen molar-refractivity contribution in [3.8, 4) is 56.4 Å². The Labute approximate surface area is 361 Å². The van der Waals surface area contributed by atoms with Gasteiger partial charge in [-0.2, -0.15) is 12.1 Å². The molecule has 2 aliphatic heterocycles. The smallest absolute Gasteiger partial charge is 2.00 e. The SMILES string of the molecule is CI1c2ccc(-c3ccc(C4=CC(c5ccc(-c6ccc7c(c6)OC(F)(F)O7)cc5)=CC(c5ccc(-c6c[c-]c(O[C-](F)F)cc6)cc5)C4)cc3)cc2OC1(F)F.[U+2]. The van der Waals surface area contributed by atoms with Crippen molar-refractivity contribution in [2.45, 2.75) is 22.7 Å². The summed E-state index contributed by atoms with van der Waals surface area (Å²) in [5.41, 5.74) is 9.97. The molecule has 1 aliphatic carbocycles. The summed E-state index contributed by atoms with van der Waals surface area (Å²) in [5, 5.41) is 0. The second-order valence-electron chi connectivity index (χ2n) is 13.6. The van der Waals surface area contributed by atoms with Gasteiger partial charge in [0.25, 0.3) is 0 Å². The van der Waals surface area contributed by atoms with Gasteiger partial charge in [0.15, 0.2) is 18.1 Å². The van der Waals surface area contributed by atoms with E-state index in [-0.39, 0.29) is 60.0 Å². The van der Waals surface area contributed by atoms with Crippen molar-refractivity contribution in [1.29, 1.82) is 0 Å². The largest absolute Gasteiger partial charge is 2.00 e. The molecule has 0 radical (unpaired) electrons. The molecule has 3 aliphatic rings. The summed E-state index contributed by atoms with van der Waals surface area (Å²) in [6.45, 7) is -2.15. The number of halogens is 7. The fourth-order valence-electron chi connectivity index (χ4n) is 7.22. The molecule has 9 rings (SSSR count). The van der Waals surface area contributed by atoms with Crippen LogP contribution in [-0.4, -0.2) is 15.3 Å². The average molecular weight is 1120 g/mol. The molecule has 0 bridgehead atoms. The van der Waals surface area contributed by atoms with Gasteiger partial charge >= 0.3 is 195 Å². The number of ether oxygens (including phenoxy) is 4. The van der Waals surface area contributed by atoms with Crippen molar-refractivity contribution in [3.05, 3.63) is 172 Å². The van der Waals surface area contributed by atoms with Crippen LogP contribution in [0.4, 0.5) is 26.3 Å². The summed E-state index contributed by atoms with van der Waals surface area (Å²) in [5.74, 6) is 0.125. The fourth-order valence-corrected chi connectivity index (χ4v) is 10.2. The Hall–Kier alpha value is -4.64. The van der Waals surface area contributed by atoms with E-state index in [1.807, 2.05) is 66.7 Å². The predicted octanol–water partition coefficient (Wildman–Crippen LogP) is 13.5. The zero-order chi connectivity index (χ0) is 39.5. The van der Waals surface area contributed by atoms with Crippen LogP contribution in [0.15, 0.2) is 140 Å². The minimum absolute atomic E-state index is 0. The molecule has 0 amide bonds.